The minimum absolute atomic E-state index is 0.0647. The second-order valence-electron chi connectivity index (χ2n) is 6.24. The van der Waals surface area contributed by atoms with E-state index in [2.05, 4.69) is 25.1 Å². The van der Waals surface area contributed by atoms with Gasteiger partial charge >= 0.3 is 0 Å². The van der Waals surface area contributed by atoms with Crippen LogP contribution in [0.5, 0.6) is 0 Å². The van der Waals surface area contributed by atoms with Crippen molar-refractivity contribution in [3.05, 3.63) is 35.4 Å². The van der Waals surface area contributed by atoms with Crippen LogP contribution in [-0.2, 0) is 10.8 Å². The van der Waals surface area contributed by atoms with Gasteiger partial charge in [0.25, 0.3) is 0 Å². The fourth-order valence-corrected chi connectivity index (χ4v) is 4.54. The second kappa shape index (κ2) is 4.78. The van der Waals surface area contributed by atoms with Crippen LogP contribution in [-0.4, -0.2) is 14.2 Å². The number of fused-ring (bicyclic) bond motifs is 1. The Balaban J connectivity index is 2.37. The fourth-order valence-electron chi connectivity index (χ4n) is 2.76. The van der Waals surface area contributed by atoms with Crippen molar-refractivity contribution in [3.8, 4) is 0 Å². The highest BCUT2D eigenvalue weighted by molar-refractivity contribution is 7.87. The predicted molar refractivity (Wildman–Crippen MR) is 78.1 cm³/mol. The van der Waals surface area contributed by atoms with Crippen LogP contribution >= 0.6 is 0 Å². The lowest BCUT2D eigenvalue weighted by molar-refractivity contribution is 0.504. The number of rotatable bonds is 1. The number of nitrogens with two attached hydrogens (primary N) is 1. The van der Waals surface area contributed by atoms with E-state index in [1.165, 1.54) is 11.1 Å². The lowest BCUT2D eigenvalue weighted by Crippen LogP contribution is -2.42. The van der Waals surface area contributed by atoms with E-state index in [1.807, 2.05) is 26.8 Å². The molecule has 2 rings (SSSR count). The van der Waals surface area contributed by atoms with Gasteiger partial charge in [0.2, 0.25) is 0 Å². The molecule has 1 aliphatic rings. The number of benzene rings is 1. The molecule has 0 spiro atoms. The third-order valence-corrected chi connectivity index (χ3v) is 5.99. The molecule has 2 N–H and O–H groups in total. The van der Waals surface area contributed by atoms with Crippen molar-refractivity contribution in [2.45, 2.75) is 56.1 Å². The molecular weight excluding hydrogens is 242 g/mol. The standard InChI is InChI=1S/C15H23NOS/c1-10-9-13(18(17)15(2,3)4)14(16)12-8-6-5-7-11(10)12/h5-8,10,13-14H,9,16H2,1-4H3. The van der Waals surface area contributed by atoms with E-state index in [-0.39, 0.29) is 16.0 Å². The summed E-state index contributed by atoms with van der Waals surface area (Å²) in [4.78, 5) is 0. The van der Waals surface area contributed by atoms with Gasteiger partial charge in [0.05, 0.1) is 5.25 Å². The smallest absolute Gasteiger partial charge is 0.0551 e. The Kier molecular flexibility index (Phi) is 3.65. The number of hydrogen-bond donors (Lipinski definition) is 1. The van der Waals surface area contributed by atoms with Crippen molar-refractivity contribution >= 4 is 10.8 Å². The summed E-state index contributed by atoms with van der Waals surface area (Å²) in [6.07, 6.45) is 0.919. The molecule has 0 amide bonds. The Labute approximate surface area is 112 Å². The Bertz CT molecular complexity index is 464. The van der Waals surface area contributed by atoms with Crippen LogP contribution in [0.3, 0.4) is 0 Å². The van der Waals surface area contributed by atoms with Gasteiger partial charge in [-0.05, 0) is 44.2 Å². The molecular formula is C15H23NOS. The fraction of sp³-hybridized carbons (Fsp3) is 0.600. The average molecular weight is 265 g/mol. The summed E-state index contributed by atoms with van der Waals surface area (Å²) >= 11 is 0. The summed E-state index contributed by atoms with van der Waals surface area (Å²) in [5.74, 6) is 0.442. The van der Waals surface area contributed by atoms with Crippen LogP contribution in [0, 0.1) is 0 Å². The third-order valence-electron chi connectivity index (χ3n) is 3.75. The molecule has 0 saturated carbocycles. The third kappa shape index (κ3) is 2.39. The first-order chi connectivity index (χ1) is 8.32. The van der Waals surface area contributed by atoms with E-state index in [9.17, 15) is 4.21 Å². The lowest BCUT2D eigenvalue weighted by atomic mass is 9.81. The normalized spacial score (nSPS) is 29.7. The molecule has 2 nitrogen and oxygen atoms in total. The first-order valence-corrected chi connectivity index (χ1v) is 7.78. The SMILES string of the molecule is CC1CC(S(=O)C(C)(C)C)C(N)c2ccccc21. The van der Waals surface area contributed by atoms with Gasteiger partial charge in [0, 0.05) is 21.6 Å². The zero-order valence-corrected chi connectivity index (χ0v) is 12.5. The first kappa shape index (κ1) is 13.8. The van der Waals surface area contributed by atoms with Crippen molar-refractivity contribution in [1.29, 1.82) is 0 Å². The Morgan fingerprint density at radius 1 is 1.22 bits per heavy atom. The predicted octanol–water partition coefficient (Wildman–Crippen LogP) is 3.11. The van der Waals surface area contributed by atoms with E-state index in [0.717, 1.165) is 6.42 Å². The molecule has 0 fully saturated rings. The molecule has 0 aliphatic heterocycles. The highest BCUT2D eigenvalue weighted by Crippen LogP contribution is 2.40. The van der Waals surface area contributed by atoms with E-state index in [0.29, 0.717) is 5.92 Å². The van der Waals surface area contributed by atoms with Crippen molar-refractivity contribution in [2.24, 2.45) is 5.73 Å². The summed E-state index contributed by atoms with van der Waals surface area (Å²) in [5, 5.41) is 0.0647. The van der Waals surface area contributed by atoms with Gasteiger partial charge in [0.15, 0.2) is 0 Å². The highest BCUT2D eigenvalue weighted by atomic mass is 32.2. The minimum Gasteiger partial charge on any atom is -0.323 e. The summed E-state index contributed by atoms with van der Waals surface area (Å²) in [6, 6.07) is 8.22. The second-order valence-corrected chi connectivity index (χ2v) is 8.66. The highest BCUT2D eigenvalue weighted by Gasteiger charge is 2.38. The van der Waals surface area contributed by atoms with Crippen molar-refractivity contribution in [2.75, 3.05) is 0 Å². The van der Waals surface area contributed by atoms with E-state index < -0.39 is 10.8 Å². The maximum atomic E-state index is 12.6. The molecule has 1 aliphatic carbocycles. The zero-order chi connectivity index (χ0) is 13.5. The zero-order valence-electron chi connectivity index (χ0n) is 11.6. The maximum absolute atomic E-state index is 12.6. The van der Waals surface area contributed by atoms with Gasteiger partial charge in [-0.1, -0.05) is 31.2 Å². The molecule has 4 atom stereocenters. The van der Waals surface area contributed by atoms with Gasteiger partial charge in [0.1, 0.15) is 0 Å². The molecule has 0 bridgehead atoms. The molecule has 18 heavy (non-hydrogen) atoms. The van der Waals surface area contributed by atoms with Crippen LogP contribution in [0.4, 0.5) is 0 Å². The van der Waals surface area contributed by atoms with E-state index >= 15 is 0 Å². The van der Waals surface area contributed by atoms with Crippen molar-refractivity contribution < 1.29 is 4.21 Å². The molecule has 0 heterocycles. The molecule has 0 saturated heterocycles. The first-order valence-electron chi connectivity index (χ1n) is 6.57. The topological polar surface area (TPSA) is 43.1 Å². The molecule has 0 aromatic heterocycles. The van der Waals surface area contributed by atoms with Gasteiger partial charge in [-0.15, -0.1) is 0 Å². The summed E-state index contributed by atoms with van der Waals surface area (Å²) in [7, 11) is -0.907. The molecule has 0 radical (unpaired) electrons. The summed E-state index contributed by atoms with van der Waals surface area (Å²) in [5.41, 5.74) is 8.86. The maximum Gasteiger partial charge on any atom is 0.0551 e. The van der Waals surface area contributed by atoms with Crippen LogP contribution in [0.25, 0.3) is 0 Å². The Morgan fingerprint density at radius 3 is 2.33 bits per heavy atom. The van der Waals surface area contributed by atoms with Crippen LogP contribution < -0.4 is 5.73 Å². The van der Waals surface area contributed by atoms with Gasteiger partial charge in [-0.25, -0.2) is 0 Å². The van der Waals surface area contributed by atoms with Gasteiger partial charge in [-0.2, -0.15) is 0 Å². The summed E-state index contributed by atoms with van der Waals surface area (Å²) < 4.78 is 12.4. The lowest BCUT2D eigenvalue weighted by Gasteiger charge is -2.37. The van der Waals surface area contributed by atoms with E-state index in [4.69, 9.17) is 5.73 Å². The van der Waals surface area contributed by atoms with Gasteiger partial charge in [-0.3, -0.25) is 4.21 Å². The molecule has 1 aromatic rings. The average Bonchev–Trinajstić information content (AvgIpc) is 2.32. The molecule has 3 heteroatoms. The Morgan fingerprint density at radius 2 is 1.78 bits per heavy atom. The summed E-state index contributed by atoms with van der Waals surface area (Å²) in [6.45, 7) is 8.29. The molecule has 1 aromatic carbocycles. The minimum atomic E-state index is -0.907. The number of hydrogen-bond acceptors (Lipinski definition) is 2. The van der Waals surface area contributed by atoms with E-state index in [1.54, 1.807) is 0 Å². The van der Waals surface area contributed by atoms with Gasteiger partial charge < -0.3 is 5.73 Å². The molecule has 4 unspecified atom stereocenters. The van der Waals surface area contributed by atoms with Crippen LogP contribution in [0.1, 0.15) is 57.2 Å². The van der Waals surface area contributed by atoms with Crippen molar-refractivity contribution in [3.63, 3.8) is 0 Å². The quantitative estimate of drug-likeness (QED) is 0.848. The largest absolute Gasteiger partial charge is 0.323 e. The van der Waals surface area contributed by atoms with Crippen LogP contribution in [0.15, 0.2) is 24.3 Å². The monoisotopic (exact) mass is 265 g/mol. The Hall–Kier alpha value is -0.670. The van der Waals surface area contributed by atoms with Crippen LogP contribution in [0.2, 0.25) is 0 Å². The van der Waals surface area contributed by atoms with Crippen molar-refractivity contribution in [1.82, 2.24) is 0 Å². The molecule has 100 valence electrons.